The maximum Gasteiger partial charge on any atom is 0.252 e. The molecule has 0 spiro atoms. The van der Waals surface area contributed by atoms with Crippen molar-refractivity contribution in [1.82, 2.24) is 9.97 Å². The van der Waals surface area contributed by atoms with Gasteiger partial charge in [0.15, 0.2) is 0 Å². The molecule has 20 heavy (non-hydrogen) atoms. The molecule has 0 aromatic carbocycles. The van der Waals surface area contributed by atoms with Crippen LogP contribution in [-0.4, -0.2) is 18.3 Å². The maximum atomic E-state index is 6.31. The lowest BCUT2D eigenvalue weighted by Gasteiger charge is -2.35. The summed E-state index contributed by atoms with van der Waals surface area (Å²) in [6, 6.07) is 5.87. The van der Waals surface area contributed by atoms with Crippen LogP contribution in [-0.2, 0) is 0 Å². The quantitative estimate of drug-likeness (QED) is 0.757. The Kier molecular flexibility index (Phi) is 4.02. The normalized spacial score (nSPS) is 12.5. The highest BCUT2D eigenvalue weighted by molar-refractivity contribution is 7.15. The first kappa shape index (κ1) is 15.2. The van der Waals surface area contributed by atoms with Crippen LogP contribution < -0.4 is 4.43 Å². The predicted molar refractivity (Wildman–Crippen MR) is 87.9 cm³/mol. The number of rotatable bonds is 3. The first-order valence-corrected chi connectivity index (χ1v) is 10.5. The molecule has 108 valence electrons. The van der Waals surface area contributed by atoms with Gasteiger partial charge in [-0.25, -0.2) is 4.98 Å². The molecule has 0 atom stereocenters. The number of aryl methyl sites for hydroxylation is 1. The third-order valence-electron chi connectivity index (χ3n) is 3.80. The Bertz CT molecular complexity index is 588. The molecule has 3 nitrogen and oxygen atoms in total. The summed E-state index contributed by atoms with van der Waals surface area (Å²) >= 11 is 1.64. The number of aromatic nitrogens is 2. The molecule has 0 amide bonds. The molecule has 0 unspecified atom stereocenters. The monoisotopic (exact) mass is 306 g/mol. The Morgan fingerprint density at radius 3 is 2.45 bits per heavy atom. The van der Waals surface area contributed by atoms with E-state index >= 15 is 0 Å². The van der Waals surface area contributed by atoms with Gasteiger partial charge in [-0.15, -0.1) is 11.3 Å². The van der Waals surface area contributed by atoms with Crippen LogP contribution in [0.15, 0.2) is 24.4 Å². The van der Waals surface area contributed by atoms with Crippen molar-refractivity contribution in [2.24, 2.45) is 0 Å². The summed E-state index contributed by atoms with van der Waals surface area (Å²) in [6.45, 7) is 13.3. The summed E-state index contributed by atoms with van der Waals surface area (Å²) in [5.41, 5.74) is 0.908. The van der Waals surface area contributed by atoms with Crippen molar-refractivity contribution in [1.29, 1.82) is 0 Å². The minimum atomic E-state index is -1.84. The van der Waals surface area contributed by atoms with Gasteiger partial charge in [0.2, 0.25) is 5.88 Å². The Labute approximate surface area is 126 Å². The van der Waals surface area contributed by atoms with Crippen LogP contribution >= 0.6 is 11.3 Å². The second kappa shape index (κ2) is 5.29. The van der Waals surface area contributed by atoms with Crippen molar-refractivity contribution < 1.29 is 4.43 Å². The van der Waals surface area contributed by atoms with Crippen LogP contribution in [0.2, 0.25) is 18.1 Å². The minimum Gasteiger partial charge on any atom is -0.530 e. The van der Waals surface area contributed by atoms with Crippen LogP contribution in [0.4, 0.5) is 0 Å². The van der Waals surface area contributed by atoms with Gasteiger partial charge in [-0.3, -0.25) is 4.98 Å². The summed E-state index contributed by atoms with van der Waals surface area (Å²) in [4.78, 5) is 10.1. The number of thiazole rings is 1. The van der Waals surface area contributed by atoms with Crippen LogP contribution in [0, 0.1) is 6.92 Å². The summed E-state index contributed by atoms with van der Waals surface area (Å²) in [6.07, 6.45) is 1.79. The molecular weight excluding hydrogens is 284 g/mol. The van der Waals surface area contributed by atoms with E-state index in [1.807, 2.05) is 18.2 Å². The first-order chi connectivity index (χ1) is 9.21. The topological polar surface area (TPSA) is 35.0 Å². The number of hydrogen-bond acceptors (Lipinski definition) is 4. The SMILES string of the molecule is Cc1sc(-c2ccccn2)nc1O[Si](C)(C)C(C)(C)C. The summed E-state index contributed by atoms with van der Waals surface area (Å²) in [7, 11) is -1.84. The van der Waals surface area contributed by atoms with Gasteiger partial charge in [0.1, 0.15) is 5.01 Å². The highest BCUT2D eigenvalue weighted by Crippen LogP contribution is 2.39. The average molecular weight is 307 g/mol. The fourth-order valence-electron chi connectivity index (χ4n) is 1.47. The van der Waals surface area contributed by atoms with E-state index < -0.39 is 8.32 Å². The predicted octanol–water partition coefficient (Wildman–Crippen LogP) is 4.90. The van der Waals surface area contributed by atoms with Gasteiger partial charge in [0.25, 0.3) is 8.32 Å². The fourth-order valence-corrected chi connectivity index (χ4v) is 3.35. The van der Waals surface area contributed by atoms with E-state index in [2.05, 4.69) is 50.8 Å². The van der Waals surface area contributed by atoms with Crippen LogP contribution in [0.3, 0.4) is 0 Å². The van der Waals surface area contributed by atoms with E-state index in [1.165, 1.54) is 0 Å². The molecular formula is C15H22N2OSSi. The third kappa shape index (κ3) is 3.10. The molecule has 0 saturated heterocycles. The van der Waals surface area contributed by atoms with Crippen LogP contribution in [0.5, 0.6) is 5.88 Å². The van der Waals surface area contributed by atoms with Gasteiger partial charge in [-0.1, -0.05) is 26.8 Å². The third-order valence-corrected chi connectivity index (χ3v) is 9.09. The zero-order valence-electron chi connectivity index (χ0n) is 13.0. The van der Waals surface area contributed by atoms with Crippen molar-refractivity contribution in [3.8, 4) is 16.6 Å². The Morgan fingerprint density at radius 1 is 1.20 bits per heavy atom. The minimum absolute atomic E-state index is 0.175. The molecule has 0 radical (unpaired) electrons. The van der Waals surface area contributed by atoms with E-state index in [4.69, 9.17) is 4.43 Å². The smallest absolute Gasteiger partial charge is 0.252 e. The van der Waals surface area contributed by atoms with Crippen molar-refractivity contribution >= 4 is 19.7 Å². The summed E-state index contributed by atoms with van der Waals surface area (Å²) < 4.78 is 6.31. The molecule has 2 rings (SSSR count). The van der Waals surface area contributed by atoms with E-state index in [1.54, 1.807) is 17.5 Å². The lowest BCUT2D eigenvalue weighted by atomic mass is 10.2. The summed E-state index contributed by atoms with van der Waals surface area (Å²) in [5.74, 6) is 0.780. The van der Waals surface area contributed by atoms with E-state index in [0.717, 1.165) is 21.5 Å². The molecule has 0 aliphatic heterocycles. The maximum absolute atomic E-state index is 6.31. The zero-order chi connectivity index (χ0) is 15.0. The van der Waals surface area contributed by atoms with Gasteiger partial charge in [-0.2, -0.15) is 0 Å². The van der Waals surface area contributed by atoms with Crippen molar-refractivity contribution in [3.05, 3.63) is 29.3 Å². The highest BCUT2D eigenvalue weighted by Gasteiger charge is 2.39. The molecule has 0 N–H and O–H groups in total. The number of hydrogen-bond donors (Lipinski definition) is 0. The molecule has 2 aromatic heterocycles. The van der Waals surface area contributed by atoms with Crippen LogP contribution in [0.1, 0.15) is 25.6 Å². The molecule has 0 saturated carbocycles. The molecule has 0 fully saturated rings. The fraction of sp³-hybridized carbons (Fsp3) is 0.467. The molecule has 0 aliphatic rings. The molecule has 0 aliphatic carbocycles. The first-order valence-electron chi connectivity index (χ1n) is 6.78. The highest BCUT2D eigenvalue weighted by atomic mass is 32.1. The number of nitrogens with zero attached hydrogens (tertiary/aromatic N) is 2. The van der Waals surface area contributed by atoms with Crippen molar-refractivity contribution in [2.75, 3.05) is 0 Å². The summed E-state index contributed by atoms with van der Waals surface area (Å²) in [5, 5.41) is 1.10. The molecule has 2 heterocycles. The van der Waals surface area contributed by atoms with Gasteiger partial charge >= 0.3 is 0 Å². The van der Waals surface area contributed by atoms with E-state index in [-0.39, 0.29) is 5.04 Å². The number of pyridine rings is 1. The van der Waals surface area contributed by atoms with Crippen molar-refractivity contribution in [3.63, 3.8) is 0 Å². The average Bonchev–Trinajstić information content (AvgIpc) is 2.70. The van der Waals surface area contributed by atoms with E-state index in [9.17, 15) is 0 Å². The van der Waals surface area contributed by atoms with E-state index in [0.29, 0.717) is 0 Å². The lowest BCUT2D eigenvalue weighted by molar-refractivity contribution is 0.477. The Balaban J connectivity index is 2.30. The molecule has 2 aromatic rings. The van der Waals surface area contributed by atoms with Gasteiger partial charge < -0.3 is 4.43 Å². The zero-order valence-corrected chi connectivity index (χ0v) is 14.8. The van der Waals surface area contributed by atoms with Gasteiger partial charge in [0.05, 0.1) is 10.6 Å². The Hall–Kier alpha value is -1.20. The molecule has 5 heteroatoms. The van der Waals surface area contributed by atoms with Crippen molar-refractivity contribution in [2.45, 2.75) is 45.8 Å². The standard InChI is InChI=1S/C15H22N2OSSi/c1-11-13(18-20(5,6)15(2,3)4)17-14(19-11)12-9-7-8-10-16-12/h7-10H,1-6H3. The van der Waals surface area contributed by atoms with Gasteiger partial charge in [-0.05, 0) is 37.2 Å². The second-order valence-corrected chi connectivity index (χ2v) is 12.4. The second-order valence-electron chi connectivity index (χ2n) is 6.46. The molecule has 0 bridgehead atoms. The lowest BCUT2D eigenvalue weighted by Crippen LogP contribution is -2.44. The largest absolute Gasteiger partial charge is 0.530 e. The van der Waals surface area contributed by atoms with Crippen LogP contribution in [0.25, 0.3) is 10.7 Å². The Morgan fingerprint density at radius 2 is 1.90 bits per heavy atom. The van der Waals surface area contributed by atoms with Gasteiger partial charge in [0, 0.05) is 6.20 Å².